The van der Waals surface area contributed by atoms with Gasteiger partial charge in [-0.3, -0.25) is 0 Å². The SMILES string of the molecule is Cl.NC(CC1CCOCC1)c1ccc(F)cc1. The molecule has 1 aliphatic heterocycles. The molecule has 2 N–H and O–H groups in total. The standard InChI is InChI=1S/C13H18FNO.ClH/c14-12-3-1-11(2-4-12)13(15)9-10-5-7-16-8-6-10;/h1-4,10,13H,5-9,15H2;1H. The van der Waals surface area contributed by atoms with Gasteiger partial charge in [0.2, 0.25) is 0 Å². The summed E-state index contributed by atoms with van der Waals surface area (Å²) in [6.07, 6.45) is 3.15. The van der Waals surface area contributed by atoms with E-state index in [-0.39, 0.29) is 24.3 Å². The Balaban J connectivity index is 0.00000144. The summed E-state index contributed by atoms with van der Waals surface area (Å²) in [6.45, 7) is 1.70. The number of benzene rings is 1. The lowest BCUT2D eigenvalue weighted by Gasteiger charge is -2.24. The fourth-order valence-corrected chi connectivity index (χ4v) is 2.19. The van der Waals surface area contributed by atoms with Crippen LogP contribution in [0.15, 0.2) is 24.3 Å². The van der Waals surface area contributed by atoms with E-state index in [1.807, 2.05) is 0 Å². The van der Waals surface area contributed by atoms with E-state index in [4.69, 9.17) is 10.5 Å². The molecule has 0 spiro atoms. The van der Waals surface area contributed by atoms with E-state index in [0.29, 0.717) is 5.92 Å². The van der Waals surface area contributed by atoms with E-state index in [2.05, 4.69) is 0 Å². The molecule has 1 aromatic carbocycles. The van der Waals surface area contributed by atoms with Crippen molar-refractivity contribution < 1.29 is 9.13 Å². The quantitative estimate of drug-likeness (QED) is 0.906. The highest BCUT2D eigenvalue weighted by Gasteiger charge is 2.17. The molecule has 1 fully saturated rings. The van der Waals surface area contributed by atoms with Crippen LogP contribution in [0.3, 0.4) is 0 Å². The molecule has 0 bridgehead atoms. The first-order valence-electron chi connectivity index (χ1n) is 5.84. The topological polar surface area (TPSA) is 35.2 Å². The second kappa shape index (κ2) is 6.94. The summed E-state index contributed by atoms with van der Waals surface area (Å²) in [5.74, 6) is 0.441. The summed E-state index contributed by atoms with van der Waals surface area (Å²) in [5, 5.41) is 0. The van der Waals surface area contributed by atoms with Crippen molar-refractivity contribution in [2.24, 2.45) is 11.7 Å². The molecule has 0 amide bonds. The van der Waals surface area contributed by atoms with Crippen LogP contribution in [-0.2, 0) is 4.74 Å². The van der Waals surface area contributed by atoms with Gasteiger partial charge in [-0.15, -0.1) is 12.4 Å². The van der Waals surface area contributed by atoms with Crippen LogP contribution in [0, 0.1) is 11.7 Å². The van der Waals surface area contributed by atoms with Crippen LogP contribution >= 0.6 is 12.4 Å². The molecule has 96 valence electrons. The van der Waals surface area contributed by atoms with E-state index in [1.54, 1.807) is 12.1 Å². The summed E-state index contributed by atoms with van der Waals surface area (Å²) in [5.41, 5.74) is 7.13. The number of ether oxygens (including phenoxy) is 1. The highest BCUT2D eigenvalue weighted by molar-refractivity contribution is 5.85. The van der Waals surface area contributed by atoms with Crippen molar-refractivity contribution in [1.82, 2.24) is 0 Å². The highest BCUT2D eigenvalue weighted by atomic mass is 35.5. The van der Waals surface area contributed by atoms with Gasteiger partial charge < -0.3 is 10.5 Å². The number of halogens is 2. The predicted octanol–water partition coefficient (Wildman–Crippen LogP) is 3.06. The Labute approximate surface area is 108 Å². The van der Waals surface area contributed by atoms with Crippen LogP contribution in [0.4, 0.5) is 4.39 Å². The number of hydrogen-bond acceptors (Lipinski definition) is 2. The van der Waals surface area contributed by atoms with E-state index < -0.39 is 0 Å². The largest absolute Gasteiger partial charge is 0.381 e. The molecule has 1 atom stereocenters. The van der Waals surface area contributed by atoms with Crippen LogP contribution in [0.5, 0.6) is 0 Å². The van der Waals surface area contributed by atoms with Gasteiger partial charge in [0.05, 0.1) is 0 Å². The van der Waals surface area contributed by atoms with Crippen molar-refractivity contribution >= 4 is 12.4 Å². The second-order valence-corrected chi connectivity index (χ2v) is 4.45. The molecule has 17 heavy (non-hydrogen) atoms. The van der Waals surface area contributed by atoms with Gasteiger partial charge >= 0.3 is 0 Å². The van der Waals surface area contributed by atoms with Crippen molar-refractivity contribution in [2.75, 3.05) is 13.2 Å². The lowest BCUT2D eigenvalue weighted by Crippen LogP contribution is -2.21. The molecule has 0 aliphatic carbocycles. The van der Waals surface area contributed by atoms with E-state index >= 15 is 0 Å². The Morgan fingerprint density at radius 2 is 1.82 bits per heavy atom. The van der Waals surface area contributed by atoms with Gasteiger partial charge in [-0.05, 0) is 42.9 Å². The summed E-state index contributed by atoms with van der Waals surface area (Å²) in [4.78, 5) is 0. The van der Waals surface area contributed by atoms with Crippen LogP contribution in [0.1, 0.15) is 30.9 Å². The van der Waals surface area contributed by atoms with E-state index in [9.17, 15) is 4.39 Å². The Bertz CT molecular complexity index is 325. The van der Waals surface area contributed by atoms with Gasteiger partial charge in [-0.25, -0.2) is 4.39 Å². The molecule has 1 heterocycles. The average Bonchev–Trinajstić information content (AvgIpc) is 2.31. The molecule has 1 saturated heterocycles. The molecule has 0 saturated carbocycles. The third kappa shape index (κ3) is 4.26. The monoisotopic (exact) mass is 259 g/mol. The van der Waals surface area contributed by atoms with Gasteiger partial charge in [0.1, 0.15) is 5.82 Å². The van der Waals surface area contributed by atoms with Gasteiger partial charge in [0.25, 0.3) is 0 Å². The van der Waals surface area contributed by atoms with Gasteiger partial charge in [0, 0.05) is 19.3 Å². The van der Waals surface area contributed by atoms with Gasteiger partial charge in [0.15, 0.2) is 0 Å². The molecular weight excluding hydrogens is 241 g/mol. The zero-order chi connectivity index (χ0) is 11.4. The van der Waals surface area contributed by atoms with Crippen molar-refractivity contribution in [2.45, 2.75) is 25.3 Å². The smallest absolute Gasteiger partial charge is 0.123 e. The zero-order valence-electron chi connectivity index (χ0n) is 9.77. The first kappa shape index (κ1) is 14.4. The lowest BCUT2D eigenvalue weighted by molar-refractivity contribution is 0.0618. The summed E-state index contributed by atoms with van der Waals surface area (Å²) >= 11 is 0. The van der Waals surface area contributed by atoms with Crippen molar-refractivity contribution in [3.63, 3.8) is 0 Å². The first-order chi connectivity index (χ1) is 7.75. The lowest BCUT2D eigenvalue weighted by atomic mass is 9.90. The van der Waals surface area contributed by atoms with E-state index in [0.717, 1.165) is 38.0 Å². The summed E-state index contributed by atoms with van der Waals surface area (Å²) in [6, 6.07) is 6.51. The first-order valence-corrected chi connectivity index (χ1v) is 5.84. The van der Waals surface area contributed by atoms with Crippen LogP contribution in [0.2, 0.25) is 0 Å². The number of nitrogens with two attached hydrogens (primary N) is 1. The minimum atomic E-state index is -0.206. The van der Waals surface area contributed by atoms with Crippen LogP contribution in [-0.4, -0.2) is 13.2 Å². The maximum Gasteiger partial charge on any atom is 0.123 e. The van der Waals surface area contributed by atoms with Crippen molar-refractivity contribution in [1.29, 1.82) is 0 Å². The molecule has 0 radical (unpaired) electrons. The minimum absolute atomic E-state index is 0. The molecule has 0 aromatic heterocycles. The molecule has 1 unspecified atom stereocenters. The molecule has 1 aromatic rings. The van der Waals surface area contributed by atoms with Crippen LogP contribution < -0.4 is 5.73 Å². The van der Waals surface area contributed by atoms with E-state index in [1.165, 1.54) is 12.1 Å². The summed E-state index contributed by atoms with van der Waals surface area (Å²) in [7, 11) is 0. The molecular formula is C13H19ClFNO. The van der Waals surface area contributed by atoms with Gasteiger partial charge in [-0.1, -0.05) is 12.1 Å². The molecule has 2 nitrogen and oxygen atoms in total. The highest BCUT2D eigenvalue weighted by Crippen LogP contribution is 2.25. The third-order valence-electron chi connectivity index (χ3n) is 3.23. The summed E-state index contributed by atoms with van der Waals surface area (Å²) < 4.78 is 18.1. The van der Waals surface area contributed by atoms with Gasteiger partial charge in [-0.2, -0.15) is 0 Å². The Morgan fingerprint density at radius 3 is 2.41 bits per heavy atom. The molecule has 4 heteroatoms. The van der Waals surface area contributed by atoms with Crippen molar-refractivity contribution in [3.8, 4) is 0 Å². The number of hydrogen-bond donors (Lipinski definition) is 1. The Hall–Kier alpha value is -0.640. The zero-order valence-corrected chi connectivity index (χ0v) is 10.6. The maximum atomic E-state index is 12.8. The predicted molar refractivity (Wildman–Crippen MR) is 68.7 cm³/mol. The molecule has 1 aliphatic rings. The van der Waals surface area contributed by atoms with Crippen LogP contribution in [0.25, 0.3) is 0 Å². The normalized spacial score (nSPS) is 18.5. The average molecular weight is 260 g/mol. The fraction of sp³-hybridized carbons (Fsp3) is 0.538. The Kier molecular flexibility index (Phi) is 5.89. The Morgan fingerprint density at radius 1 is 1.24 bits per heavy atom. The fourth-order valence-electron chi connectivity index (χ4n) is 2.19. The minimum Gasteiger partial charge on any atom is -0.381 e. The molecule has 2 rings (SSSR count). The third-order valence-corrected chi connectivity index (χ3v) is 3.23. The maximum absolute atomic E-state index is 12.8. The van der Waals surface area contributed by atoms with Crippen molar-refractivity contribution in [3.05, 3.63) is 35.6 Å². The second-order valence-electron chi connectivity index (χ2n) is 4.45. The number of rotatable bonds is 3.